The molecule has 0 aliphatic carbocycles. The fourth-order valence-electron chi connectivity index (χ4n) is 2.58. The van der Waals surface area contributed by atoms with Crippen LogP contribution in [-0.2, 0) is 17.8 Å². The van der Waals surface area contributed by atoms with E-state index in [4.69, 9.17) is 16.3 Å². The van der Waals surface area contributed by atoms with Gasteiger partial charge in [-0.2, -0.15) is 5.10 Å². The average molecular weight is 272 g/mol. The Balaban J connectivity index is 2.03. The van der Waals surface area contributed by atoms with E-state index in [0.717, 1.165) is 31.9 Å². The van der Waals surface area contributed by atoms with Crippen molar-refractivity contribution in [1.29, 1.82) is 0 Å². The number of aromatic nitrogens is 2. The molecule has 18 heavy (non-hydrogen) atoms. The van der Waals surface area contributed by atoms with E-state index >= 15 is 0 Å². The van der Waals surface area contributed by atoms with Gasteiger partial charge in [-0.25, -0.2) is 0 Å². The number of ether oxygens (including phenoxy) is 1. The molecule has 1 saturated heterocycles. The van der Waals surface area contributed by atoms with Gasteiger partial charge in [-0.05, 0) is 26.8 Å². The van der Waals surface area contributed by atoms with Gasteiger partial charge in [0.15, 0.2) is 0 Å². The van der Waals surface area contributed by atoms with Gasteiger partial charge in [-0.15, -0.1) is 11.6 Å². The molecule has 1 fully saturated rings. The molecule has 0 radical (unpaired) electrons. The zero-order chi connectivity index (χ0) is 13.1. The van der Waals surface area contributed by atoms with Crippen molar-refractivity contribution < 1.29 is 4.74 Å². The summed E-state index contributed by atoms with van der Waals surface area (Å²) in [5.74, 6) is 0.562. The fraction of sp³-hybridized carbons (Fsp3) is 0.769. The number of morpholine rings is 1. The number of hydrogen-bond donors (Lipinski definition) is 0. The molecule has 0 bridgehead atoms. The van der Waals surface area contributed by atoms with Crippen LogP contribution in [0.15, 0.2) is 6.07 Å². The third kappa shape index (κ3) is 3.25. The van der Waals surface area contributed by atoms with E-state index in [-0.39, 0.29) is 12.2 Å². The van der Waals surface area contributed by atoms with Crippen molar-refractivity contribution in [1.82, 2.24) is 14.7 Å². The average Bonchev–Trinajstić information content (AvgIpc) is 2.68. The molecule has 2 heterocycles. The molecule has 0 N–H and O–H groups in total. The molecule has 1 aromatic heterocycles. The minimum absolute atomic E-state index is 0.148. The van der Waals surface area contributed by atoms with Crippen molar-refractivity contribution in [2.45, 2.75) is 46.1 Å². The van der Waals surface area contributed by atoms with E-state index in [1.165, 1.54) is 5.69 Å². The van der Waals surface area contributed by atoms with Crippen LogP contribution in [-0.4, -0.2) is 45.9 Å². The Labute approximate surface area is 114 Å². The van der Waals surface area contributed by atoms with Crippen molar-refractivity contribution >= 4 is 11.6 Å². The molecule has 0 spiro atoms. The van der Waals surface area contributed by atoms with Crippen LogP contribution >= 0.6 is 11.6 Å². The summed E-state index contributed by atoms with van der Waals surface area (Å²) in [7, 11) is 0. The zero-order valence-corrected chi connectivity index (χ0v) is 12.2. The minimum Gasteiger partial charge on any atom is -0.371 e. The largest absolute Gasteiger partial charge is 0.371 e. The van der Waals surface area contributed by atoms with Gasteiger partial charge in [0.2, 0.25) is 0 Å². The SMILES string of the molecule is CCn1nc(C)cc1CN1CC(C)OC(CCl)C1. The molecule has 2 rings (SSSR count). The monoisotopic (exact) mass is 271 g/mol. The Morgan fingerprint density at radius 3 is 2.94 bits per heavy atom. The second-order valence-corrected chi connectivity index (χ2v) is 5.32. The molecule has 4 nitrogen and oxygen atoms in total. The minimum atomic E-state index is 0.148. The molecule has 2 atom stereocenters. The normalized spacial score (nSPS) is 25.6. The first kappa shape index (κ1) is 13.8. The van der Waals surface area contributed by atoms with Gasteiger partial charge in [0, 0.05) is 32.1 Å². The van der Waals surface area contributed by atoms with E-state index in [1.54, 1.807) is 0 Å². The molecule has 0 amide bonds. The molecular weight excluding hydrogens is 250 g/mol. The standard InChI is InChI=1S/C13H22ClN3O/c1-4-17-12(5-10(2)15-17)8-16-7-11(3)18-13(6-14)9-16/h5,11,13H,4,6-9H2,1-3H3. The van der Waals surface area contributed by atoms with Crippen molar-refractivity contribution in [3.63, 3.8) is 0 Å². The Hall–Kier alpha value is -0.580. The number of nitrogens with zero attached hydrogens (tertiary/aromatic N) is 3. The molecule has 102 valence electrons. The number of aryl methyl sites for hydroxylation is 2. The summed E-state index contributed by atoms with van der Waals surface area (Å²) >= 11 is 5.91. The van der Waals surface area contributed by atoms with Crippen LogP contribution in [0.4, 0.5) is 0 Å². The summed E-state index contributed by atoms with van der Waals surface area (Å²) in [6.07, 6.45) is 0.399. The fourth-order valence-corrected chi connectivity index (χ4v) is 2.75. The van der Waals surface area contributed by atoms with Crippen molar-refractivity contribution in [2.75, 3.05) is 19.0 Å². The predicted molar refractivity (Wildman–Crippen MR) is 73.0 cm³/mol. The van der Waals surface area contributed by atoms with Crippen LogP contribution in [0.5, 0.6) is 0 Å². The molecule has 2 unspecified atom stereocenters. The number of rotatable bonds is 4. The predicted octanol–water partition coefficient (Wildman–Crippen LogP) is 2.04. The highest BCUT2D eigenvalue weighted by Crippen LogP contribution is 2.16. The highest BCUT2D eigenvalue weighted by molar-refractivity contribution is 6.18. The molecule has 0 saturated carbocycles. The van der Waals surface area contributed by atoms with Crippen LogP contribution in [0, 0.1) is 6.92 Å². The van der Waals surface area contributed by atoms with Gasteiger partial charge in [-0.3, -0.25) is 9.58 Å². The maximum absolute atomic E-state index is 5.91. The van der Waals surface area contributed by atoms with Gasteiger partial charge in [0.1, 0.15) is 0 Å². The molecule has 1 aliphatic rings. The molecule has 5 heteroatoms. The van der Waals surface area contributed by atoms with Crippen LogP contribution in [0.3, 0.4) is 0 Å². The first-order valence-electron chi connectivity index (χ1n) is 6.59. The second kappa shape index (κ2) is 6.04. The molecule has 1 aromatic rings. The maximum atomic E-state index is 5.91. The Morgan fingerprint density at radius 2 is 2.28 bits per heavy atom. The van der Waals surface area contributed by atoms with Crippen molar-refractivity contribution in [3.8, 4) is 0 Å². The number of alkyl halides is 1. The van der Waals surface area contributed by atoms with E-state index in [0.29, 0.717) is 5.88 Å². The van der Waals surface area contributed by atoms with Gasteiger partial charge in [-0.1, -0.05) is 0 Å². The highest BCUT2D eigenvalue weighted by Gasteiger charge is 2.25. The first-order valence-corrected chi connectivity index (χ1v) is 7.13. The number of halogens is 1. The molecular formula is C13H22ClN3O. The Kier molecular flexibility index (Phi) is 4.65. The highest BCUT2D eigenvalue weighted by atomic mass is 35.5. The van der Waals surface area contributed by atoms with Crippen LogP contribution in [0.1, 0.15) is 25.2 Å². The van der Waals surface area contributed by atoms with Crippen LogP contribution < -0.4 is 0 Å². The first-order chi connectivity index (χ1) is 8.62. The Bertz CT molecular complexity index is 394. The zero-order valence-electron chi connectivity index (χ0n) is 11.4. The van der Waals surface area contributed by atoms with Gasteiger partial charge < -0.3 is 4.74 Å². The summed E-state index contributed by atoms with van der Waals surface area (Å²) in [6.45, 7) is 9.98. The summed E-state index contributed by atoms with van der Waals surface area (Å²) in [5.41, 5.74) is 2.36. The lowest BCUT2D eigenvalue weighted by atomic mass is 10.2. The van der Waals surface area contributed by atoms with E-state index in [2.05, 4.69) is 34.6 Å². The lowest BCUT2D eigenvalue weighted by Crippen LogP contribution is -2.47. The smallest absolute Gasteiger partial charge is 0.0841 e. The summed E-state index contributed by atoms with van der Waals surface area (Å²) in [5, 5.41) is 4.49. The Morgan fingerprint density at radius 1 is 1.50 bits per heavy atom. The quantitative estimate of drug-likeness (QED) is 0.785. The van der Waals surface area contributed by atoms with E-state index in [9.17, 15) is 0 Å². The lowest BCUT2D eigenvalue weighted by molar-refractivity contribution is -0.0694. The van der Waals surface area contributed by atoms with E-state index in [1.807, 2.05) is 6.92 Å². The van der Waals surface area contributed by atoms with E-state index < -0.39 is 0 Å². The van der Waals surface area contributed by atoms with Crippen LogP contribution in [0.2, 0.25) is 0 Å². The van der Waals surface area contributed by atoms with Crippen molar-refractivity contribution in [2.24, 2.45) is 0 Å². The summed E-state index contributed by atoms with van der Waals surface area (Å²) < 4.78 is 7.84. The second-order valence-electron chi connectivity index (χ2n) is 5.01. The van der Waals surface area contributed by atoms with Crippen LogP contribution in [0.25, 0.3) is 0 Å². The van der Waals surface area contributed by atoms with Gasteiger partial charge >= 0.3 is 0 Å². The van der Waals surface area contributed by atoms with Gasteiger partial charge in [0.05, 0.1) is 23.6 Å². The third-order valence-electron chi connectivity index (χ3n) is 3.24. The molecule has 0 aromatic carbocycles. The van der Waals surface area contributed by atoms with Crippen molar-refractivity contribution in [3.05, 3.63) is 17.5 Å². The van der Waals surface area contributed by atoms with Gasteiger partial charge in [0.25, 0.3) is 0 Å². The lowest BCUT2D eigenvalue weighted by Gasteiger charge is -2.36. The summed E-state index contributed by atoms with van der Waals surface area (Å²) in [6, 6.07) is 2.17. The molecule has 1 aliphatic heterocycles. The maximum Gasteiger partial charge on any atom is 0.0841 e. The third-order valence-corrected chi connectivity index (χ3v) is 3.59. The number of hydrogen-bond acceptors (Lipinski definition) is 3. The summed E-state index contributed by atoms with van der Waals surface area (Å²) in [4.78, 5) is 2.41. The topological polar surface area (TPSA) is 30.3 Å².